The number of rotatable bonds is 5. The van der Waals surface area contributed by atoms with Crippen molar-refractivity contribution in [3.63, 3.8) is 0 Å². The van der Waals surface area contributed by atoms with Crippen molar-refractivity contribution in [2.75, 3.05) is 18.5 Å². The highest BCUT2D eigenvalue weighted by Gasteiger charge is 2.25. The average Bonchev–Trinajstić information content (AvgIpc) is 2.79. The Bertz CT molecular complexity index is 1230. The first kappa shape index (κ1) is 21.7. The van der Waals surface area contributed by atoms with Gasteiger partial charge in [0.1, 0.15) is 11.9 Å². The zero-order valence-corrected chi connectivity index (χ0v) is 18.0. The minimum Gasteiger partial charge on any atom is -0.478 e. The monoisotopic (exact) mass is 433 g/mol. The van der Waals surface area contributed by atoms with Crippen LogP contribution in [0.4, 0.5) is 10.1 Å². The van der Waals surface area contributed by atoms with E-state index in [1.54, 1.807) is 18.2 Å². The fraction of sp³-hybridized carbons (Fsp3) is 0.320. The predicted octanol–water partition coefficient (Wildman–Crippen LogP) is 5.32. The van der Waals surface area contributed by atoms with Gasteiger partial charge >= 0.3 is 5.97 Å². The second kappa shape index (κ2) is 8.93. The van der Waals surface area contributed by atoms with Gasteiger partial charge in [0, 0.05) is 41.5 Å². The molecule has 2 N–H and O–H groups in total. The standard InChI is InChI=1S/C25H24FN3O3/c1-14-21(13-27)20-12-17(26)11-19(24(20)29-23(14)16-7-9-32-10-8-16)15(2)28-22-6-4-3-5-18(22)25(30)31/h3-6,11-12,15-16,28H,7-10H2,1-2H3,(H,30,31)/t15-/m0/s1. The lowest BCUT2D eigenvalue weighted by molar-refractivity contribution is 0.0698. The smallest absolute Gasteiger partial charge is 0.337 e. The van der Waals surface area contributed by atoms with Gasteiger partial charge in [0.15, 0.2) is 0 Å². The predicted molar refractivity (Wildman–Crippen MR) is 119 cm³/mol. The number of nitriles is 1. The second-order valence-electron chi connectivity index (χ2n) is 8.10. The van der Waals surface area contributed by atoms with Crippen LogP contribution in [0.15, 0.2) is 36.4 Å². The van der Waals surface area contributed by atoms with E-state index >= 15 is 0 Å². The van der Waals surface area contributed by atoms with Gasteiger partial charge in [-0.2, -0.15) is 5.26 Å². The third-order valence-corrected chi connectivity index (χ3v) is 6.08. The van der Waals surface area contributed by atoms with Crippen LogP contribution in [-0.4, -0.2) is 29.3 Å². The highest BCUT2D eigenvalue weighted by molar-refractivity contribution is 5.94. The topological polar surface area (TPSA) is 95.2 Å². The van der Waals surface area contributed by atoms with Gasteiger partial charge in [-0.15, -0.1) is 0 Å². The first-order chi connectivity index (χ1) is 15.4. The van der Waals surface area contributed by atoms with Gasteiger partial charge in [-0.05, 0) is 56.5 Å². The quantitative estimate of drug-likeness (QED) is 0.565. The molecule has 32 heavy (non-hydrogen) atoms. The van der Waals surface area contributed by atoms with Crippen molar-refractivity contribution in [2.24, 2.45) is 0 Å². The largest absolute Gasteiger partial charge is 0.478 e. The molecular weight excluding hydrogens is 409 g/mol. The molecule has 0 amide bonds. The Morgan fingerprint density at radius 3 is 2.72 bits per heavy atom. The van der Waals surface area contributed by atoms with Crippen LogP contribution in [0.2, 0.25) is 0 Å². The highest BCUT2D eigenvalue weighted by atomic mass is 19.1. The number of hydrogen-bond acceptors (Lipinski definition) is 5. The Balaban J connectivity index is 1.86. The van der Waals surface area contributed by atoms with E-state index in [1.807, 2.05) is 13.8 Å². The van der Waals surface area contributed by atoms with Crippen molar-refractivity contribution in [2.45, 2.75) is 38.6 Å². The number of halogens is 1. The highest BCUT2D eigenvalue weighted by Crippen LogP contribution is 2.36. The molecular formula is C25H24FN3O3. The summed E-state index contributed by atoms with van der Waals surface area (Å²) in [7, 11) is 0. The molecule has 0 saturated carbocycles. The second-order valence-corrected chi connectivity index (χ2v) is 8.10. The zero-order valence-electron chi connectivity index (χ0n) is 18.0. The number of benzene rings is 2. The Hall–Kier alpha value is -3.50. The number of anilines is 1. The van der Waals surface area contributed by atoms with Gasteiger partial charge in [0.25, 0.3) is 0 Å². The summed E-state index contributed by atoms with van der Waals surface area (Å²) >= 11 is 0. The summed E-state index contributed by atoms with van der Waals surface area (Å²) in [5, 5.41) is 23.0. The number of fused-ring (bicyclic) bond motifs is 1. The van der Waals surface area contributed by atoms with Crippen LogP contribution in [0.5, 0.6) is 0 Å². The van der Waals surface area contributed by atoms with Crippen LogP contribution < -0.4 is 5.32 Å². The first-order valence-corrected chi connectivity index (χ1v) is 10.6. The van der Waals surface area contributed by atoms with Crippen LogP contribution in [0.1, 0.15) is 64.5 Å². The van der Waals surface area contributed by atoms with Gasteiger partial charge in [-0.1, -0.05) is 12.1 Å². The number of nitrogens with one attached hydrogen (secondary N) is 1. The zero-order chi connectivity index (χ0) is 22.8. The van der Waals surface area contributed by atoms with E-state index in [1.165, 1.54) is 18.2 Å². The van der Waals surface area contributed by atoms with Crippen LogP contribution in [-0.2, 0) is 4.74 Å². The molecule has 1 aliphatic heterocycles. The number of aromatic nitrogens is 1. The van der Waals surface area contributed by atoms with E-state index in [4.69, 9.17) is 9.72 Å². The van der Waals surface area contributed by atoms with Crippen molar-refractivity contribution in [1.82, 2.24) is 4.98 Å². The summed E-state index contributed by atoms with van der Waals surface area (Å²) in [5.41, 5.74) is 3.75. The molecule has 1 aliphatic rings. The van der Waals surface area contributed by atoms with Crippen LogP contribution in [0.25, 0.3) is 10.9 Å². The molecule has 1 saturated heterocycles. The van der Waals surface area contributed by atoms with Crippen molar-refractivity contribution >= 4 is 22.6 Å². The summed E-state index contributed by atoms with van der Waals surface area (Å²) < 4.78 is 20.1. The number of para-hydroxylation sites is 1. The van der Waals surface area contributed by atoms with E-state index in [-0.39, 0.29) is 11.5 Å². The molecule has 1 aromatic heterocycles. The summed E-state index contributed by atoms with van der Waals surface area (Å²) in [6.45, 7) is 4.98. The Morgan fingerprint density at radius 1 is 1.31 bits per heavy atom. The lowest BCUT2D eigenvalue weighted by Gasteiger charge is -2.25. The molecule has 0 spiro atoms. The molecule has 7 heteroatoms. The number of carboxylic acid groups (broad SMARTS) is 1. The number of aromatic carboxylic acids is 1. The van der Waals surface area contributed by atoms with Crippen LogP contribution >= 0.6 is 0 Å². The number of ether oxygens (including phenoxy) is 1. The molecule has 3 aromatic rings. The van der Waals surface area contributed by atoms with E-state index < -0.39 is 17.8 Å². The third-order valence-electron chi connectivity index (χ3n) is 6.08. The minimum atomic E-state index is -1.05. The molecule has 1 atom stereocenters. The number of hydrogen-bond donors (Lipinski definition) is 2. The van der Waals surface area contributed by atoms with Gasteiger partial charge in [0.05, 0.1) is 22.7 Å². The summed E-state index contributed by atoms with van der Waals surface area (Å²) in [4.78, 5) is 16.5. The summed E-state index contributed by atoms with van der Waals surface area (Å²) in [5.74, 6) is -1.34. The Morgan fingerprint density at radius 2 is 2.03 bits per heavy atom. The SMILES string of the molecule is Cc1c(C2CCOCC2)nc2c([C@H](C)Nc3ccccc3C(=O)O)cc(F)cc2c1C#N. The molecule has 0 bridgehead atoms. The van der Waals surface area contributed by atoms with Gasteiger partial charge in [-0.25, -0.2) is 9.18 Å². The molecule has 2 aromatic carbocycles. The van der Waals surface area contributed by atoms with Crippen LogP contribution in [0, 0.1) is 24.1 Å². The average molecular weight is 433 g/mol. The molecule has 0 unspecified atom stereocenters. The maximum absolute atomic E-state index is 14.6. The van der Waals surface area contributed by atoms with E-state index in [2.05, 4.69) is 11.4 Å². The fourth-order valence-corrected chi connectivity index (χ4v) is 4.42. The third kappa shape index (κ3) is 4.02. The maximum atomic E-state index is 14.6. The van der Waals surface area contributed by atoms with E-state index in [0.717, 1.165) is 24.1 Å². The van der Waals surface area contributed by atoms with Crippen molar-refractivity contribution in [3.05, 3.63) is 70.2 Å². The molecule has 4 rings (SSSR count). The Kier molecular flexibility index (Phi) is 6.06. The lowest BCUT2D eigenvalue weighted by atomic mass is 9.89. The molecule has 6 nitrogen and oxygen atoms in total. The normalized spacial score (nSPS) is 15.3. The molecule has 1 fully saturated rings. The van der Waals surface area contributed by atoms with Gasteiger partial charge in [-0.3, -0.25) is 4.98 Å². The van der Waals surface area contributed by atoms with Crippen LogP contribution in [0.3, 0.4) is 0 Å². The van der Waals surface area contributed by atoms with E-state index in [0.29, 0.717) is 40.9 Å². The van der Waals surface area contributed by atoms with E-state index in [9.17, 15) is 19.6 Å². The fourth-order valence-electron chi connectivity index (χ4n) is 4.42. The van der Waals surface area contributed by atoms with Crippen molar-refractivity contribution in [3.8, 4) is 6.07 Å². The number of carboxylic acids is 1. The van der Waals surface area contributed by atoms with Gasteiger partial charge < -0.3 is 15.2 Å². The first-order valence-electron chi connectivity index (χ1n) is 10.6. The Labute approximate surface area is 185 Å². The number of carbonyl (C=O) groups is 1. The molecule has 0 aliphatic carbocycles. The summed E-state index contributed by atoms with van der Waals surface area (Å²) in [6, 6.07) is 11.1. The molecule has 0 radical (unpaired) electrons. The lowest BCUT2D eigenvalue weighted by Crippen LogP contribution is -2.17. The minimum absolute atomic E-state index is 0.129. The van der Waals surface area contributed by atoms with Crippen molar-refractivity contribution in [1.29, 1.82) is 5.26 Å². The number of pyridine rings is 1. The number of nitrogens with zero attached hydrogens (tertiary/aromatic N) is 2. The molecule has 2 heterocycles. The van der Waals surface area contributed by atoms with Crippen molar-refractivity contribution < 1.29 is 19.0 Å². The molecule has 164 valence electrons. The van der Waals surface area contributed by atoms with Gasteiger partial charge in [0.2, 0.25) is 0 Å². The maximum Gasteiger partial charge on any atom is 0.337 e. The summed E-state index contributed by atoms with van der Waals surface area (Å²) in [6.07, 6.45) is 1.64.